The molecule has 1 atom stereocenters. The molecule has 34 heavy (non-hydrogen) atoms. The maximum atomic E-state index is 13.7. The van der Waals surface area contributed by atoms with Gasteiger partial charge in [-0.2, -0.15) is 0 Å². The van der Waals surface area contributed by atoms with E-state index in [1.807, 2.05) is 19.1 Å². The summed E-state index contributed by atoms with van der Waals surface area (Å²) in [6.07, 6.45) is 1.04. The van der Waals surface area contributed by atoms with Gasteiger partial charge in [-0.3, -0.25) is 9.59 Å². The van der Waals surface area contributed by atoms with Crippen molar-refractivity contribution in [3.63, 3.8) is 0 Å². The number of anilines is 1. The van der Waals surface area contributed by atoms with E-state index in [1.54, 1.807) is 19.2 Å². The molecule has 0 radical (unpaired) electrons. The number of carbonyl (C=O) groups excluding carboxylic acids is 2. The number of amides is 1. The fraction of sp³-hybridized carbons (Fsp3) is 0.333. The number of rotatable bonds is 5. The summed E-state index contributed by atoms with van der Waals surface area (Å²) in [5.74, 6) is -0.590. The van der Waals surface area contributed by atoms with Crippen LogP contribution in [0.5, 0.6) is 11.5 Å². The summed E-state index contributed by atoms with van der Waals surface area (Å²) in [4.78, 5) is 27.1. The van der Waals surface area contributed by atoms with E-state index in [0.29, 0.717) is 52.4 Å². The van der Waals surface area contributed by atoms with Gasteiger partial charge in [0.1, 0.15) is 5.82 Å². The van der Waals surface area contributed by atoms with E-state index in [9.17, 15) is 14.0 Å². The zero-order valence-corrected chi connectivity index (χ0v) is 20.0. The van der Waals surface area contributed by atoms with Crippen LogP contribution >= 0.6 is 0 Å². The lowest BCUT2D eigenvalue weighted by molar-refractivity contribution is -0.118. The second kappa shape index (κ2) is 8.97. The molecule has 2 aromatic rings. The molecule has 0 saturated carbocycles. The highest BCUT2D eigenvalue weighted by Gasteiger charge is 2.43. The number of benzene rings is 2. The third kappa shape index (κ3) is 4.30. The highest BCUT2D eigenvalue weighted by molar-refractivity contribution is 6.10. The van der Waals surface area contributed by atoms with Gasteiger partial charge in [-0.1, -0.05) is 32.0 Å². The van der Waals surface area contributed by atoms with Crippen LogP contribution in [0.1, 0.15) is 45.1 Å². The third-order valence-electron chi connectivity index (χ3n) is 6.31. The molecule has 0 bridgehead atoms. The topological polar surface area (TPSA) is 76.7 Å². The number of nitrogens with one attached hydrogen (secondary N) is 2. The number of para-hydroxylation sites is 1. The van der Waals surface area contributed by atoms with Crippen LogP contribution < -0.4 is 20.1 Å². The quantitative estimate of drug-likeness (QED) is 0.645. The van der Waals surface area contributed by atoms with Crippen LogP contribution in [-0.2, 0) is 9.59 Å². The largest absolute Gasteiger partial charge is 0.493 e. The Morgan fingerprint density at radius 2 is 1.85 bits per heavy atom. The summed E-state index contributed by atoms with van der Waals surface area (Å²) in [5, 5.41) is 6.12. The van der Waals surface area contributed by atoms with Crippen LogP contribution in [0.4, 0.5) is 10.1 Å². The number of allylic oxidation sites excluding steroid dienone is 3. The average Bonchev–Trinajstić information content (AvgIpc) is 2.76. The van der Waals surface area contributed by atoms with Crippen molar-refractivity contribution in [1.82, 2.24) is 5.32 Å². The van der Waals surface area contributed by atoms with Crippen molar-refractivity contribution in [1.29, 1.82) is 0 Å². The molecule has 1 amide bonds. The first-order valence-corrected chi connectivity index (χ1v) is 11.2. The Bertz CT molecular complexity index is 1230. The Labute approximate surface area is 198 Å². The number of carbonyl (C=O) groups is 2. The number of ether oxygens (including phenoxy) is 2. The van der Waals surface area contributed by atoms with Crippen molar-refractivity contribution in [3.05, 3.63) is 76.4 Å². The standard InChI is InChI=1S/C27H29FN2O4/c1-15-22(26(32)30-17-9-6-8-16(28)12-17)23(18-10-7-11-21(33-4)25(18)34-5)24-19(29-15)13-27(2,3)14-20(24)31/h6-12,23,29H,13-14H2,1-5H3,(H,30,32)/t23-/m0/s1. The van der Waals surface area contributed by atoms with Crippen molar-refractivity contribution in [2.75, 3.05) is 19.5 Å². The van der Waals surface area contributed by atoms with Crippen molar-refractivity contribution < 1.29 is 23.5 Å². The number of Topliss-reactive ketones (excluding diaryl/α,β-unsaturated/α-hetero) is 1. The molecule has 2 aliphatic rings. The number of halogens is 1. The molecule has 0 saturated heterocycles. The fourth-order valence-corrected chi connectivity index (χ4v) is 4.95. The normalized spacial score (nSPS) is 19.4. The molecular formula is C27H29FN2O4. The van der Waals surface area contributed by atoms with Crippen LogP contribution in [0.15, 0.2) is 65.0 Å². The van der Waals surface area contributed by atoms with Gasteiger partial charge in [0.25, 0.3) is 5.91 Å². The van der Waals surface area contributed by atoms with Crippen molar-refractivity contribution >= 4 is 17.4 Å². The summed E-state index contributed by atoms with van der Waals surface area (Å²) in [6, 6.07) is 11.1. The van der Waals surface area contributed by atoms with E-state index < -0.39 is 17.6 Å². The second-order valence-corrected chi connectivity index (χ2v) is 9.48. The number of hydrogen-bond acceptors (Lipinski definition) is 5. The smallest absolute Gasteiger partial charge is 0.254 e. The zero-order valence-electron chi connectivity index (χ0n) is 20.0. The molecule has 4 rings (SSSR count). The fourth-order valence-electron chi connectivity index (χ4n) is 4.95. The second-order valence-electron chi connectivity index (χ2n) is 9.48. The molecular weight excluding hydrogens is 435 g/mol. The summed E-state index contributed by atoms with van der Waals surface area (Å²) >= 11 is 0. The average molecular weight is 465 g/mol. The molecule has 1 aliphatic heterocycles. The molecule has 7 heteroatoms. The molecule has 1 heterocycles. The Hall–Kier alpha value is -3.61. The van der Waals surface area contributed by atoms with E-state index in [2.05, 4.69) is 24.5 Å². The Balaban J connectivity index is 1.89. The van der Waals surface area contributed by atoms with Crippen LogP contribution in [-0.4, -0.2) is 25.9 Å². The molecule has 178 valence electrons. The predicted molar refractivity (Wildman–Crippen MR) is 128 cm³/mol. The zero-order chi connectivity index (χ0) is 24.6. The highest BCUT2D eigenvalue weighted by Crippen LogP contribution is 2.50. The number of methoxy groups -OCH3 is 2. The van der Waals surface area contributed by atoms with Gasteiger partial charge in [0.15, 0.2) is 17.3 Å². The Morgan fingerprint density at radius 1 is 1.12 bits per heavy atom. The van der Waals surface area contributed by atoms with Crippen LogP contribution in [0, 0.1) is 11.2 Å². The minimum absolute atomic E-state index is 0.0165. The molecule has 0 unspecified atom stereocenters. The predicted octanol–water partition coefficient (Wildman–Crippen LogP) is 5.09. The van der Waals surface area contributed by atoms with Crippen LogP contribution in [0.3, 0.4) is 0 Å². The van der Waals surface area contributed by atoms with Gasteiger partial charge in [-0.25, -0.2) is 4.39 Å². The third-order valence-corrected chi connectivity index (χ3v) is 6.31. The molecule has 1 aliphatic carbocycles. The minimum atomic E-state index is -0.668. The lowest BCUT2D eigenvalue weighted by Gasteiger charge is -2.40. The van der Waals surface area contributed by atoms with E-state index in [4.69, 9.17) is 9.47 Å². The van der Waals surface area contributed by atoms with Crippen molar-refractivity contribution in [3.8, 4) is 11.5 Å². The van der Waals surface area contributed by atoms with Gasteiger partial charge >= 0.3 is 0 Å². The lowest BCUT2D eigenvalue weighted by Crippen LogP contribution is -2.39. The van der Waals surface area contributed by atoms with E-state index in [0.717, 1.165) is 5.70 Å². The number of dihydropyridines is 1. The summed E-state index contributed by atoms with van der Waals surface area (Å²) in [5.41, 5.74) is 3.17. The molecule has 6 nitrogen and oxygen atoms in total. The molecule has 0 spiro atoms. The molecule has 2 aromatic carbocycles. The Morgan fingerprint density at radius 3 is 2.53 bits per heavy atom. The van der Waals surface area contributed by atoms with Gasteiger partial charge in [0, 0.05) is 40.2 Å². The first-order valence-electron chi connectivity index (χ1n) is 11.2. The maximum Gasteiger partial charge on any atom is 0.254 e. The van der Waals surface area contributed by atoms with E-state index in [1.165, 1.54) is 25.3 Å². The van der Waals surface area contributed by atoms with Gasteiger partial charge in [-0.15, -0.1) is 0 Å². The van der Waals surface area contributed by atoms with Gasteiger partial charge in [0.2, 0.25) is 0 Å². The summed E-state index contributed by atoms with van der Waals surface area (Å²) < 4.78 is 24.9. The van der Waals surface area contributed by atoms with E-state index in [-0.39, 0.29) is 11.2 Å². The number of hydrogen-bond donors (Lipinski definition) is 2. The van der Waals surface area contributed by atoms with Gasteiger partial charge in [0.05, 0.1) is 20.1 Å². The Kier molecular flexibility index (Phi) is 6.21. The van der Waals surface area contributed by atoms with Gasteiger partial charge in [-0.05, 0) is 43.0 Å². The first-order chi connectivity index (χ1) is 16.1. The molecule has 0 aromatic heterocycles. The molecule has 0 fully saturated rings. The number of ketones is 1. The summed E-state index contributed by atoms with van der Waals surface area (Å²) in [6.45, 7) is 5.93. The maximum absolute atomic E-state index is 13.7. The van der Waals surface area contributed by atoms with Crippen LogP contribution in [0.2, 0.25) is 0 Å². The molecule has 2 N–H and O–H groups in total. The van der Waals surface area contributed by atoms with Crippen molar-refractivity contribution in [2.24, 2.45) is 5.41 Å². The van der Waals surface area contributed by atoms with Crippen LogP contribution in [0.25, 0.3) is 0 Å². The first kappa shape index (κ1) is 23.5. The lowest BCUT2D eigenvalue weighted by atomic mass is 9.68. The highest BCUT2D eigenvalue weighted by atomic mass is 19.1. The van der Waals surface area contributed by atoms with E-state index >= 15 is 0 Å². The van der Waals surface area contributed by atoms with Crippen molar-refractivity contribution in [2.45, 2.75) is 39.5 Å². The minimum Gasteiger partial charge on any atom is -0.493 e. The SMILES string of the molecule is COc1cccc([C@H]2C(C(=O)Nc3cccc(F)c3)=C(C)NC3=C2C(=O)CC(C)(C)C3)c1OC. The van der Waals surface area contributed by atoms with Gasteiger partial charge < -0.3 is 20.1 Å². The summed E-state index contributed by atoms with van der Waals surface area (Å²) in [7, 11) is 3.08. The monoisotopic (exact) mass is 464 g/mol.